The Kier molecular flexibility index (Phi) is 2.63. The minimum absolute atomic E-state index is 1.01. The molecule has 0 fully saturated rings. The Morgan fingerprint density at radius 3 is 3.00 bits per heavy atom. The number of halogens is 1. The van der Waals surface area contributed by atoms with Crippen molar-refractivity contribution in [1.29, 1.82) is 0 Å². The van der Waals surface area contributed by atoms with E-state index in [1.807, 2.05) is 30.1 Å². The van der Waals surface area contributed by atoms with Crippen LogP contribution in [0.25, 0.3) is 6.08 Å². The van der Waals surface area contributed by atoms with Crippen LogP contribution in [0.3, 0.4) is 0 Å². The zero-order valence-electron chi connectivity index (χ0n) is 5.71. The molecular formula is C8H8BrN. The summed E-state index contributed by atoms with van der Waals surface area (Å²) in [6.07, 6.45) is 3.71. The molecule has 1 aromatic heterocycles. The van der Waals surface area contributed by atoms with Gasteiger partial charge in [0.1, 0.15) is 0 Å². The molecule has 0 aliphatic carbocycles. The highest BCUT2D eigenvalue weighted by Gasteiger charge is 1.89. The van der Waals surface area contributed by atoms with Crippen molar-refractivity contribution in [2.45, 2.75) is 6.92 Å². The van der Waals surface area contributed by atoms with Crippen molar-refractivity contribution in [3.63, 3.8) is 0 Å². The predicted molar refractivity (Wildman–Crippen MR) is 46.9 cm³/mol. The summed E-state index contributed by atoms with van der Waals surface area (Å²) < 4.78 is 0. The van der Waals surface area contributed by atoms with Crippen LogP contribution in [-0.2, 0) is 0 Å². The Morgan fingerprint density at radius 2 is 2.40 bits per heavy atom. The molecule has 0 N–H and O–H groups in total. The van der Waals surface area contributed by atoms with Gasteiger partial charge >= 0.3 is 0 Å². The number of hydrogen-bond donors (Lipinski definition) is 0. The van der Waals surface area contributed by atoms with E-state index in [0.29, 0.717) is 0 Å². The molecule has 0 bridgehead atoms. The van der Waals surface area contributed by atoms with Gasteiger partial charge in [-0.25, -0.2) is 0 Å². The van der Waals surface area contributed by atoms with E-state index in [0.717, 1.165) is 5.69 Å². The van der Waals surface area contributed by atoms with Gasteiger partial charge in [-0.2, -0.15) is 0 Å². The molecule has 0 saturated carbocycles. The van der Waals surface area contributed by atoms with Gasteiger partial charge in [-0.3, -0.25) is 4.98 Å². The lowest BCUT2D eigenvalue weighted by atomic mass is 10.2. The standard InChI is InChI=1S/C8H8BrN/c1-7-3-2-6-10-8(7)4-5-9/h2-6H,1H3/b5-4+. The summed E-state index contributed by atoms with van der Waals surface area (Å²) in [4.78, 5) is 5.96. The lowest BCUT2D eigenvalue weighted by molar-refractivity contribution is 1.24. The number of aryl methyl sites for hydroxylation is 1. The molecule has 1 rings (SSSR count). The van der Waals surface area contributed by atoms with Gasteiger partial charge in [-0.05, 0) is 29.6 Å². The van der Waals surface area contributed by atoms with E-state index in [2.05, 4.69) is 20.9 Å². The smallest absolute Gasteiger partial charge is 0.0663 e. The second kappa shape index (κ2) is 3.52. The number of pyridine rings is 1. The van der Waals surface area contributed by atoms with Crippen LogP contribution in [0.4, 0.5) is 0 Å². The Labute approximate surface area is 68.9 Å². The van der Waals surface area contributed by atoms with Gasteiger partial charge in [0.25, 0.3) is 0 Å². The summed E-state index contributed by atoms with van der Waals surface area (Å²) in [5.74, 6) is 0. The van der Waals surface area contributed by atoms with Crippen molar-refractivity contribution in [1.82, 2.24) is 4.98 Å². The van der Waals surface area contributed by atoms with E-state index in [1.54, 1.807) is 6.20 Å². The second-order valence-electron chi connectivity index (χ2n) is 2.00. The molecule has 0 atom stereocenters. The lowest BCUT2D eigenvalue weighted by Crippen LogP contribution is -1.82. The van der Waals surface area contributed by atoms with Gasteiger partial charge in [0.15, 0.2) is 0 Å². The predicted octanol–water partition coefficient (Wildman–Crippen LogP) is 2.76. The van der Waals surface area contributed by atoms with E-state index in [1.165, 1.54) is 5.56 Å². The van der Waals surface area contributed by atoms with Crippen LogP contribution < -0.4 is 0 Å². The SMILES string of the molecule is Cc1cccnc1/C=C/Br. The van der Waals surface area contributed by atoms with Gasteiger partial charge in [0.2, 0.25) is 0 Å². The molecule has 0 amide bonds. The zero-order chi connectivity index (χ0) is 7.40. The van der Waals surface area contributed by atoms with Crippen LogP contribution in [0.1, 0.15) is 11.3 Å². The summed E-state index contributed by atoms with van der Waals surface area (Å²) in [5.41, 5.74) is 2.21. The third-order valence-electron chi connectivity index (χ3n) is 1.27. The number of hydrogen-bond acceptors (Lipinski definition) is 1. The topological polar surface area (TPSA) is 12.9 Å². The highest BCUT2D eigenvalue weighted by Crippen LogP contribution is 2.05. The molecule has 52 valence electrons. The number of aromatic nitrogens is 1. The van der Waals surface area contributed by atoms with Crippen LogP contribution in [0.2, 0.25) is 0 Å². The molecule has 2 heteroatoms. The zero-order valence-corrected chi connectivity index (χ0v) is 7.30. The van der Waals surface area contributed by atoms with Crippen LogP contribution in [0.5, 0.6) is 0 Å². The lowest BCUT2D eigenvalue weighted by Gasteiger charge is -1.94. The first-order valence-corrected chi connectivity index (χ1v) is 3.94. The highest BCUT2D eigenvalue weighted by atomic mass is 79.9. The van der Waals surface area contributed by atoms with Gasteiger partial charge < -0.3 is 0 Å². The molecule has 10 heavy (non-hydrogen) atoms. The van der Waals surface area contributed by atoms with Crippen LogP contribution in [0, 0.1) is 6.92 Å². The van der Waals surface area contributed by atoms with E-state index in [-0.39, 0.29) is 0 Å². The Balaban J connectivity index is 3.03. The molecule has 0 aliphatic heterocycles. The summed E-state index contributed by atoms with van der Waals surface area (Å²) in [7, 11) is 0. The van der Waals surface area contributed by atoms with Crippen molar-refractivity contribution in [3.05, 3.63) is 34.6 Å². The average molecular weight is 198 g/mol. The minimum atomic E-state index is 1.01. The summed E-state index contributed by atoms with van der Waals surface area (Å²) >= 11 is 3.20. The fourth-order valence-electron chi connectivity index (χ4n) is 0.732. The Hall–Kier alpha value is -0.630. The second-order valence-corrected chi connectivity index (χ2v) is 2.53. The molecule has 0 aliphatic rings. The molecule has 0 aromatic carbocycles. The van der Waals surface area contributed by atoms with E-state index in [9.17, 15) is 0 Å². The van der Waals surface area contributed by atoms with Crippen molar-refractivity contribution in [2.24, 2.45) is 0 Å². The van der Waals surface area contributed by atoms with Crippen LogP contribution in [0.15, 0.2) is 23.3 Å². The molecular weight excluding hydrogens is 190 g/mol. The quantitative estimate of drug-likeness (QED) is 0.676. The maximum absolute atomic E-state index is 4.15. The van der Waals surface area contributed by atoms with Crippen molar-refractivity contribution >= 4 is 22.0 Å². The first-order valence-electron chi connectivity index (χ1n) is 3.03. The largest absolute Gasteiger partial charge is 0.257 e. The number of nitrogens with zero attached hydrogens (tertiary/aromatic N) is 1. The fraction of sp³-hybridized carbons (Fsp3) is 0.125. The molecule has 1 aromatic rings. The normalized spacial score (nSPS) is 10.6. The molecule has 0 spiro atoms. The molecule has 0 radical (unpaired) electrons. The van der Waals surface area contributed by atoms with Crippen molar-refractivity contribution in [3.8, 4) is 0 Å². The van der Waals surface area contributed by atoms with Crippen LogP contribution in [-0.4, -0.2) is 4.98 Å². The molecule has 1 nitrogen and oxygen atoms in total. The summed E-state index contributed by atoms with van der Waals surface area (Å²) in [6.45, 7) is 2.04. The first kappa shape index (κ1) is 7.48. The molecule has 1 heterocycles. The summed E-state index contributed by atoms with van der Waals surface area (Å²) in [6, 6.07) is 3.97. The highest BCUT2D eigenvalue weighted by molar-refractivity contribution is 9.11. The third kappa shape index (κ3) is 1.67. The van der Waals surface area contributed by atoms with E-state index in [4.69, 9.17) is 0 Å². The van der Waals surface area contributed by atoms with E-state index < -0.39 is 0 Å². The third-order valence-corrected chi connectivity index (χ3v) is 1.54. The Morgan fingerprint density at radius 1 is 1.60 bits per heavy atom. The van der Waals surface area contributed by atoms with Gasteiger partial charge in [0.05, 0.1) is 5.69 Å². The van der Waals surface area contributed by atoms with Crippen LogP contribution >= 0.6 is 15.9 Å². The fourth-order valence-corrected chi connectivity index (χ4v) is 0.982. The van der Waals surface area contributed by atoms with Gasteiger partial charge in [0, 0.05) is 6.20 Å². The Bertz CT molecular complexity index is 243. The summed E-state index contributed by atoms with van der Waals surface area (Å²) in [5, 5.41) is 0. The van der Waals surface area contributed by atoms with Crippen molar-refractivity contribution in [2.75, 3.05) is 0 Å². The van der Waals surface area contributed by atoms with Gasteiger partial charge in [-0.1, -0.05) is 22.0 Å². The minimum Gasteiger partial charge on any atom is -0.257 e. The van der Waals surface area contributed by atoms with Crippen molar-refractivity contribution < 1.29 is 0 Å². The van der Waals surface area contributed by atoms with Gasteiger partial charge in [-0.15, -0.1) is 0 Å². The number of rotatable bonds is 1. The average Bonchev–Trinajstić information content (AvgIpc) is 1.94. The molecule has 0 unspecified atom stereocenters. The maximum atomic E-state index is 4.15. The first-order chi connectivity index (χ1) is 4.84. The monoisotopic (exact) mass is 197 g/mol. The van der Waals surface area contributed by atoms with E-state index >= 15 is 0 Å². The maximum Gasteiger partial charge on any atom is 0.0663 e. The molecule has 0 saturated heterocycles.